The highest BCUT2D eigenvalue weighted by Crippen LogP contribution is 2.47. The third-order valence-corrected chi connectivity index (χ3v) is 4.11. The second kappa shape index (κ2) is 4.13. The van der Waals surface area contributed by atoms with Crippen LogP contribution in [0.4, 0.5) is 5.82 Å². The number of anilines is 1. The van der Waals surface area contributed by atoms with E-state index in [1.54, 1.807) is 10.9 Å². The fourth-order valence-corrected chi connectivity index (χ4v) is 3.15. The van der Waals surface area contributed by atoms with Crippen molar-refractivity contribution >= 4 is 11.6 Å². The van der Waals surface area contributed by atoms with Gasteiger partial charge in [0.05, 0.1) is 18.4 Å². The molecule has 102 valence electrons. The summed E-state index contributed by atoms with van der Waals surface area (Å²) < 4.78 is 1.76. The molecular weight excluding hydrogens is 254 g/mol. The predicted molar refractivity (Wildman–Crippen MR) is 72.2 cm³/mol. The van der Waals surface area contributed by atoms with Gasteiger partial charge in [-0.05, 0) is 12.1 Å². The standard InChI is InChI=1S/C14H15N5O/c20-12-6-14(7-12)9-18(10-14)13-3-1-2-11(16-13)8-19-5-4-15-17-19/h1-5H,6-10H2. The van der Waals surface area contributed by atoms with Crippen LogP contribution in [0, 0.1) is 5.41 Å². The smallest absolute Gasteiger partial charge is 0.134 e. The van der Waals surface area contributed by atoms with Gasteiger partial charge < -0.3 is 4.90 Å². The van der Waals surface area contributed by atoms with Crippen LogP contribution in [0.3, 0.4) is 0 Å². The molecule has 2 aromatic heterocycles. The number of rotatable bonds is 3. The Kier molecular flexibility index (Phi) is 2.39. The van der Waals surface area contributed by atoms with Crippen molar-refractivity contribution in [1.29, 1.82) is 0 Å². The largest absolute Gasteiger partial charge is 0.355 e. The molecule has 1 saturated heterocycles. The predicted octanol–water partition coefficient (Wildman–Crippen LogP) is 0.891. The maximum atomic E-state index is 11.1. The van der Waals surface area contributed by atoms with Gasteiger partial charge in [-0.25, -0.2) is 9.67 Å². The maximum absolute atomic E-state index is 11.1. The number of Topliss-reactive ketones (excluding diaryl/α,β-unsaturated/α-hetero) is 1. The molecule has 0 unspecified atom stereocenters. The van der Waals surface area contributed by atoms with Crippen LogP contribution in [0.1, 0.15) is 18.5 Å². The molecule has 1 spiro atoms. The van der Waals surface area contributed by atoms with Gasteiger partial charge in [0.2, 0.25) is 0 Å². The minimum atomic E-state index is 0.265. The van der Waals surface area contributed by atoms with Gasteiger partial charge in [0.1, 0.15) is 11.6 Å². The summed E-state index contributed by atoms with van der Waals surface area (Å²) in [5.74, 6) is 1.39. The zero-order valence-corrected chi connectivity index (χ0v) is 11.1. The first kappa shape index (κ1) is 11.6. The molecule has 2 aromatic rings. The molecule has 0 amide bonds. The normalized spacial score (nSPS) is 19.8. The molecule has 6 heteroatoms. The molecule has 4 rings (SSSR count). The Bertz CT molecular complexity index is 635. The number of nitrogens with zero attached hydrogens (tertiary/aromatic N) is 5. The number of hydrogen-bond acceptors (Lipinski definition) is 5. The van der Waals surface area contributed by atoms with E-state index in [0.717, 1.165) is 37.4 Å². The number of pyridine rings is 1. The molecule has 0 radical (unpaired) electrons. The number of carbonyl (C=O) groups excluding carboxylic acids is 1. The van der Waals surface area contributed by atoms with Gasteiger partial charge in [-0.3, -0.25) is 4.79 Å². The highest BCUT2D eigenvalue weighted by molar-refractivity contribution is 5.87. The second-order valence-corrected chi connectivity index (χ2v) is 5.84. The highest BCUT2D eigenvalue weighted by atomic mass is 16.1. The second-order valence-electron chi connectivity index (χ2n) is 5.84. The summed E-state index contributed by atoms with van der Waals surface area (Å²) >= 11 is 0. The van der Waals surface area contributed by atoms with Crippen molar-refractivity contribution in [3.8, 4) is 0 Å². The van der Waals surface area contributed by atoms with E-state index in [9.17, 15) is 4.79 Å². The third-order valence-electron chi connectivity index (χ3n) is 4.11. The topological polar surface area (TPSA) is 63.9 Å². The summed E-state index contributed by atoms with van der Waals surface area (Å²) in [5.41, 5.74) is 1.24. The van der Waals surface area contributed by atoms with Gasteiger partial charge in [0.15, 0.2) is 0 Å². The van der Waals surface area contributed by atoms with Crippen LogP contribution in [-0.4, -0.2) is 38.9 Å². The van der Waals surface area contributed by atoms with Crippen LogP contribution in [0.15, 0.2) is 30.6 Å². The average molecular weight is 269 g/mol. The first-order valence-electron chi connectivity index (χ1n) is 6.79. The Hall–Kier alpha value is -2.24. The Morgan fingerprint density at radius 2 is 2.10 bits per heavy atom. The maximum Gasteiger partial charge on any atom is 0.134 e. The summed E-state index contributed by atoms with van der Waals surface area (Å²) in [6, 6.07) is 6.04. The lowest BCUT2D eigenvalue weighted by Crippen LogP contribution is -2.63. The van der Waals surface area contributed by atoms with Gasteiger partial charge in [-0.1, -0.05) is 11.3 Å². The first-order valence-corrected chi connectivity index (χ1v) is 6.79. The molecular formula is C14H15N5O. The summed E-state index contributed by atoms with van der Waals surface area (Å²) in [6.45, 7) is 2.54. The summed E-state index contributed by atoms with van der Waals surface area (Å²) in [5, 5.41) is 7.74. The Labute approximate surface area is 116 Å². The zero-order chi connectivity index (χ0) is 13.6. The van der Waals surface area contributed by atoms with Crippen molar-refractivity contribution in [2.75, 3.05) is 18.0 Å². The Balaban J connectivity index is 1.46. The van der Waals surface area contributed by atoms with Crippen LogP contribution < -0.4 is 4.90 Å². The SMILES string of the molecule is O=C1CC2(C1)CN(c1cccc(Cn3ccnn3)n1)C2. The van der Waals surface area contributed by atoms with Gasteiger partial charge in [0, 0.05) is 37.5 Å². The molecule has 1 aliphatic heterocycles. The van der Waals surface area contributed by atoms with Gasteiger partial charge in [-0.15, -0.1) is 5.10 Å². The van der Waals surface area contributed by atoms with Crippen LogP contribution in [0.25, 0.3) is 0 Å². The molecule has 20 heavy (non-hydrogen) atoms. The molecule has 1 aliphatic carbocycles. The molecule has 0 bridgehead atoms. The lowest BCUT2D eigenvalue weighted by molar-refractivity contribution is -0.134. The number of aromatic nitrogens is 4. The zero-order valence-electron chi connectivity index (χ0n) is 11.1. The van der Waals surface area contributed by atoms with Crippen LogP contribution in [0.2, 0.25) is 0 Å². The van der Waals surface area contributed by atoms with E-state index in [2.05, 4.69) is 20.2 Å². The molecule has 2 fully saturated rings. The number of carbonyl (C=O) groups is 1. The van der Waals surface area contributed by atoms with Crippen molar-refractivity contribution in [1.82, 2.24) is 20.0 Å². The van der Waals surface area contributed by atoms with Gasteiger partial charge in [0.25, 0.3) is 0 Å². The van der Waals surface area contributed by atoms with E-state index in [4.69, 9.17) is 0 Å². The van der Waals surface area contributed by atoms with Crippen LogP contribution in [-0.2, 0) is 11.3 Å². The molecule has 2 aliphatic rings. The fourth-order valence-electron chi connectivity index (χ4n) is 3.15. The van der Waals surface area contributed by atoms with Crippen LogP contribution >= 0.6 is 0 Å². The summed E-state index contributed by atoms with van der Waals surface area (Å²) in [7, 11) is 0. The van der Waals surface area contributed by atoms with E-state index in [-0.39, 0.29) is 5.41 Å². The van der Waals surface area contributed by atoms with Gasteiger partial charge >= 0.3 is 0 Å². The molecule has 6 nitrogen and oxygen atoms in total. The summed E-state index contributed by atoms with van der Waals surface area (Å²) in [4.78, 5) is 18.0. The highest BCUT2D eigenvalue weighted by Gasteiger charge is 2.52. The lowest BCUT2D eigenvalue weighted by atomic mass is 9.63. The first-order chi connectivity index (χ1) is 9.72. The molecule has 1 saturated carbocycles. The molecule has 3 heterocycles. The average Bonchev–Trinajstić information content (AvgIpc) is 2.85. The van der Waals surface area contributed by atoms with E-state index in [1.165, 1.54) is 0 Å². The third kappa shape index (κ3) is 1.88. The summed E-state index contributed by atoms with van der Waals surface area (Å²) in [6.07, 6.45) is 4.99. The number of hydrogen-bond donors (Lipinski definition) is 0. The monoisotopic (exact) mass is 269 g/mol. The molecule has 0 N–H and O–H groups in total. The van der Waals surface area contributed by atoms with Crippen molar-refractivity contribution in [2.45, 2.75) is 19.4 Å². The molecule has 0 aromatic carbocycles. The van der Waals surface area contributed by atoms with Crippen LogP contribution in [0.5, 0.6) is 0 Å². The van der Waals surface area contributed by atoms with Crippen molar-refractivity contribution in [3.63, 3.8) is 0 Å². The van der Waals surface area contributed by atoms with E-state index < -0.39 is 0 Å². The van der Waals surface area contributed by atoms with Crippen molar-refractivity contribution < 1.29 is 4.79 Å². The quantitative estimate of drug-likeness (QED) is 0.828. The number of ketones is 1. The minimum absolute atomic E-state index is 0.265. The molecule has 0 atom stereocenters. The van der Waals surface area contributed by atoms with Crippen molar-refractivity contribution in [3.05, 3.63) is 36.3 Å². The van der Waals surface area contributed by atoms with E-state index >= 15 is 0 Å². The Morgan fingerprint density at radius 3 is 2.80 bits per heavy atom. The Morgan fingerprint density at radius 1 is 1.25 bits per heavy atom. The van der Waals surface area contributed by atoms with Crippen molar-refractivity contribution in [2.24, 2.45) is 5.41 Å². The van der Waals surface area contributed by atoms with Gasteiger partial charge in [-0.2, -0.15) is 0 Å². The fraction of sp³-hybridized carbons (Fsp3) is 0.429. The lowest BCUT2D eigenvalue weighted by Gasteiger charge is -2.55. The minimum Gasteiger partial charge on any atom is -0.355 e. The van der Waals surface area contributed by atoms with E-state index in [0.29, 0.717) is 12.3 Å². The van der Waals surface area contributed by atoms with E-state index in [1.807, 2.05) is 24.4 Å².